The van der Waals surface area contributed by atoms with Gasteiger partial charge in [-0.15, -0.1) is 0 Å². The monoisotopic (exact) mass is 571 g/mol. The predicted octanol–water partition coefficient (Wildman–Crippen LogP) is 5.15. The SMILES string of the molecule is CC(C(=O)NC1CCCC1)N(Cc1ccccc1F)C(=O)CN(c1ccccc1)S(=O)(=O)c1ccc(Cl)cc1. The van der Waals surface area contributed by atoms with Gasteiger partial charge >= 0.3 is 0 Å². The average Bonchev–Trinajstić information content (AvgIpc) is 3.44. The van der Waals surface area contributed by atoms with Crippen LogP contribution in [0.25, 0.3) is 0 Å². The van der Waals surface area contributed by atoms with Crippen LogP contribution in [-0.4, -0.2) is 43.8 Å². The lowest BCUT2D eigenvalue weighted by atomic mass is 10.1. The first-order valence-corrected chi connectivity index (χ1v) is 14.6. The fraction of sp³-hybridized carbons (Fsp3) is 0.310. The Bertz CT molecular complexity index is 1400. The summed E-state index contributed by atoms with van der Waals surface area (Å²) in [5, 5.41) is 3.36. The summed E-state index contributed by atoms with van der Waals surface area (Å²) in [6, 6.07) is 18.9. The quantitative estimate of drug-likeness (QED) is 0.365. The summed E-state index contributed by atoms with van der Waals surface area (Å²) in [5.41, 5.74) is 0.493. The van der Waals surface area contributed by atoms with Crippen LogP contribution in [0.5, 0.6) is 0 Å². The van der Waals surface area contributed by atoms with Crippen LogP contribution in [-0.2, 0) is 26.2 Å². The average molecular weight is 572 g/mol. The van der Waals surface area contributed by atoms with E-state index in [9.17, 15) is 22.4 Å². The van der Waals surface area contributed by atoms with Gasteiger partial charge < -0.3 is 10.2 Å². The van der Waals surface area contributed by atoms with Crippen LogP contribution in [0.4, 0.5) is 10.1 Å². The van der Waals surface area contributed by atoms with Crippen molar-refractivity contribution >= 4 is 39.1 Å². The van der Waals surface area contributed by atoms with E-state index >= 15 is 0 Å². The largest absolute Gasteiger partial charge is 0.352 e. The molecule has 0 spiro atoms. The second-order valence-corrected chi connectivity index (χ2v) is 11.9. The summed E-state index contributed by atoms with van der Waals surface area (Å²) in [5.74, 6) is -1.53. The predicted molar refractivity (Wildman–Crippen MR) is 149 cm³/mol. The zero-order valence-electron chi connectivity index (χ0n) is 21.6. The Morgan fingerprint density at radius 1 is 0.974 bits per heavy atom. The molecule has 1 atom stereocenters. The molecule has 39 heavy (non-hydrogen) atoms. The third-order valence-electron chi connectivity index (χ3n) is 6.89. The van der Waals surface area contributed by atoms with Gasteiger partial charge in [-0.2, -0.15) is 0 Å². The molecule has 1 fully saturated rings. The molecule has 1 unspecified atom stereocenters. The normalized spacial score (nSPS) is 14.5. The van der Waals surface area contributed by atoms with Gasteiger partial charge in [-0.1, -0.05) is 60.8 Å². The first kappa shape index (κ1) is 28.6. The molecule has 1 N–H and O–H groups in total. The number of sulfonamides is 1. The van der Waals surface area contributed by atoms with Crippen LogP contribution in [0.3, 0.4) is 0 Å². The van der Waals surface area contributed by atoms with Gasteiger partial charge in [0.15, 0.2) is 0 Å². The van der Waals surface area contributed by atoms with Crippen molar-refractivity contribution in [2.24, 2.45) is 0 Å². The molecule has 0 aromatic heterocycles. The van der Waals surface area contributed by atoms with E-state index in [0.717, 1.165) is 30.0 Å². The minimum absolute atomic E-state index is 0.0245. The Kier molecular flexibility index (Phi) is 9.24. The zero-order valence-corrected chi connectivity index (χ0v) is 23.2. The molecule has 206 valence electrons. The maximum absolute atomic E-state index is 14.6. The maximum atomic E-state index is 14.6. The van der Waals surface area contributed by atoms with Gasteiger partial charge in [0.2, 0.25) is 11.8 Å². The lowest BCUT2D eigenvalue weighted by molar-refractivity contribution is -0.139. The molecule has 0 heterocycles. The summed E-state index contributed by atoms with van der Waals surface area (Å²) in [6.45, 7) is 0.780. The number of rotatable bonds is 10. The number of nitrogens with one attached hydrogen (secondary N) is 1. The van der Waals surface area contributed by atoms with Crippen LogP contribution < -0.4 is 9.62 Å². The number of carbonyl (C=O) groups is 2. The molecular weight excluding hydrogens is 541 g/mol. The van der Waals surface area contributed by atoms with E-state index in [-0.39, 0.29) is 34.6 Å². The molecule has 3 aromatic carbocycles. The Morgan fingerprint density at radius 2 is 1.59 bits per heavy atom. The highest BCUT2D eigenvalue weighted by atomic mass is 35.5. The second kappa shape index (κ2) is 12.6. The minimum Gasteiger partial charge on any atom is -0.352 e. The number of para-hydroxylation sites is 1. The second-order valence-electron chi connectivity index (χ2n) is 9.58. The number of carbonyl (C=O) groups excluding carboxylic acids is 2. The van der Waals surface area contributed by atoms with Gasteiger partial charge in [-0.25, -0.2) is 12.8 Å². The molecule has 0 aliphatic heterocycles. The molecule has 1 aliphatic carbocycles. The van der Waals surface area contributed by atoms with Crippen molar-refractivity contribution in [1.29, 1.82) is 0 Å². The van der Waals surface area contributed by atoms with E-state index in [1.54, 1.807) is 43.3 Å². The zero-order chi connectivity index (χ0) is 28.0. The Labute approximate surface area is 233 Å². The van der Waals surface area contributed by atoms with E-state index < -0.39 is 34.3 Å². The van der Waals surface area contributed by atoms with Gasteiger partial charge in [0.05, 0.1) is 10.6 Å². The van der Waals surface area contributed by atoms with Crippen molar-refractivity contribution in [2.75, 3.05) is 10.8 Å². The molecule has 0 bridgehead atoms. The number of hydrogen-bond donors (Lipinski definition) is 1. The van der Waals surface area contributed by atoms with E-state index in [1.807, 2.05) is 0 Å². The number of anilines is 1. The molecule has 1 saturated carbocycles. The molecule has 2 amide bonds. The third-order valence-corrected chi connectivity index (χ3v) is 8.93. The van der Waals surface area contributed by atoms with Crippen LogP contribution in [0.15, 0.2) is 83.8 Å². The Hall–Kier alpha value is -3.43. The molecule has 10 heteroatoms. The van der Waals surface area contributed by atoms with Crippen molar-refractivity contribution in [3.63, 3.8) is 0 Å². The molecule has 1 aliphatic rings. The maximum Gasteiger partial charge on any atom is 0.264 e. The van der Waals surface area contributed by atoms with E-state index in [2.05, 4.69) is 5.32 Å². The van der Waals surface area contributed by atoms with Gasteiger partial charge in [0.1, 0.15) is 18.4 Å². The lowest BCUT2D eigenvalue weighted by Gasteiger charge is -2.32. The van der Waals surface area contributed by atoms with Crippen molar-refractivity contribution in [3.8, 4) is 0 Å². The third kappa shape index (κ3) is 6.96. The van der Waals surface area contributed by atoms with Crippen LogP contribution in [0.2, 0.25) is 5.02 Å². The summed E-state index contributed by atoms with van der Waals surface area (Å²) < 4.78 is 43.1. The number of amides is 2. The Morgan fingerprint density at radius 3 is 2.23 bits per heavy atom. The fourth-order valence-electron chi connectivity index (χ4n) is 4.64. The van der Waals surface area contributed by atoms with Crippen LogP contribution >= 0.6 is 11.6 Å². The van der Waals surface area contributed by atoms with Crippen LogP contribution in [0.1, 0.15) is 38.2 Å². The highest BCUT2D eigenvalue weighted by Crippen LogP contribution is 2.26. The van der Waals surface area contributed by atoms with Crippen molar-refractivity contribution in [2.45, 2.75) is 56.1 Å². The van der Waals surface area contributed by atoms with Crippen molar-refractivity contribution in [3.05, 3.63) is 95.3 Å². The number of hydrogen-bond acceptors (Lipinski definition) is 4. The van der Waals surface area contributed by atoms with Gasteiger partial charge in [-0.3, -0.25) is 13.9 Å². The Balaban J connectivity index is 1.67. The van der Waals surface area contributed by atoms with Gasteiger partial charge in [0, 0.05) is 23.2 Å². The molecule has 0 radical (unpaired) electrons. The number of nitrogens with zero attached hydrogens (tertiary/aromatic N) is 2. The van der Waals surface area contributed by atoms with E-state index in [4.69, 9.17) is 11.6 Å². The summed E-state index contributed by atoms with van der Waals surface area (Å²) in [6.07, 6.45) is 3.76. The lowest BCUT2D eigenvalue weighted by Crippen LogP contribution is -2.52. The number of halogens is 2. The smallest absolute Gasteiger partial charge is 0.264 e. The van der Waals surface area contributed by atoms with Gasteiger partial charge in [0.25, 0.3) is 10.0 Å². The van der Waals surface area contributed by atoms with E-state index in [0.29, 0.717) is 5.02 Å². The van der Waals surface area contributed by atoms with Gasteiger partial charge in [-0.05, 0) is 62.2 Å². The highest BCUT2D eigenvalue weighted by Gasteiger charge is 2.33. The molecule has 4 rings (SSSR count). The first-order valence-electron chi connectivity index (χ1n) is 12.8. The molecule has 0 saturated heterocycles. The molecule has 7 nitrogen and oxygen atoms in total. The number of benzene rings is 3. The molecule has 3 aromatic rings. The minimum atomic E-state index is -4.19. The summed E-state index contributed by atoms with van der Waals surface area (Å²) >= 11 is 5.96. The standard InChI is InChI=1S/C29H31ClFN3O4S/c1-21(29(36)32-24-10-6-7-11-24)33(19-22-9-5-8-14-27(22)31)28(35)20-34(25-12-3-2-4-13-25)39(37,38)26-17-15-23(30)16-18-26/h2-5,8-9,12-18,21,24H,6-7,10-11,19-20H2,1H3,(H,32,36). The summed E-state index contributed by atoms with van der Waals surface area (Å²) in [7, 11) is -4.19. The first-order chi connectivity index (χ1) is 18.7. The highest BCUT2D eigenvalue weighted by molar-refractivity contribution is 7.92. The van der Waals surface area contributed by atoms with Crippen molar-refractivity contribution in [1.82, 2.24) is 10.2 Å². The summed E-state index contributed by atoms with van der Waals surface area (Å²) in [4.78, 5) is 28.2. The topological polar surface area (TPSA) is 86.8 Å². The van der Waals surface area contributed by atoms with Crippen molar-refractivity contribution < 1.29 is 22.4 Å². The fourth-order valence-corrected chi connectivity index (χ4v) is 6.18. The van der Waals surface area contributed by atoms with Crippen LogP contribution in [0, 0.1) is 5.82 Å². The molecular formula is C29H31ClFN3O4S. The van der Waals surface area contributed by atoms with E-state index in [1.165, 1.54) is 47.4 Å².